The normalized spacial score (nSPS) is 34.9. The summed E-state index contributed by atoms with van der Waals surface area (Å²) in [5.74, 6) is 4.30. The van der Waals surface area contributed by atoms with Crippen LogP contribution < -0.4 is 11.5 Å². The minimum Gasteiger partial charge on any atom is -0.315 e. The molecule has 0 aliphatic heterocycles. The third-order valence-corrected chi connectivity index (χ3v) is 10.6. The van der Waals surface area contributed by atoms with Crippen LogP contribution in [0.4, 0.5) is 0 Å². The van der Waals surface area contributed by atoms with E-state index in [9.17, 15) is 0 Å². The zero-order valence-electron chi connectivity index (χ0n) is 22.1. The highest BCUT2D eigenvalue weighted by Crippen LogP contribution is 2.42. The molecule has 0 bridgehead atoms. The van der Waals surface area contributed by atoms with E-state index in [-0.39, 0.29) is 12.3 Å². The molecule has 4 aliphatic rings. The Bertz CT molecular complexity index is 523. The van der Waals surface area contributed by atoms with Crippen LogP contribution >= 0.6 is 0 Å². The summed E-state index contributed by atoms with van der Waals surface area (Å²) in [7, 11) is 0. The van der Waals surface area contributed by atoms with Crippen molar-refractivity contribution in [3.8, 4) is 0 Å². The number of rotatable bonds is 9. The molecule has 4 rings (SSSR count). The first-order chi connectivity index (χ1) is 16.2. The second-order valence-corrected chi connectivity index (χ2v) is 12.7. The van der Waals surface area contributed by atoms with E-state index in [1.54, 1.807) is 0 Å². The van der Waals surface area contributed by atoms with Crippen molar-refractivity contribution in [2.45, 2.75) is 160 Å². The van der Waals surface area contributed by atoms with Crippen LogP contribution in [-0.2, 0) is 0 Å². The predicted molar refractivity (Wildman–Crippen MR) is 142 cm³/mol. The van der Waals surface area contributed by atoms with Gasteiger partial charge in [0.15, 0.2) is 0 Å². The van der Waals surface area contributed by atoms with Crippen LogP contribution in [0, 0.1) is 29.6 Å². The van der Waals surface area contributed by atoms with Gasteiger partial charge in [-0.3, -0.25) is 4.90 Å². The van der Waals surface area contributed by atoms with Crippen LogP contribution in [0.3, 0.4) is 0 Å². The van der Waals surface area contributed by atoms with Crippen molar-refractivity contribution in [2.24, 2.45) is 41.1 Å². The lowest BCUT2D eigenvalue weighted by Crippen LogP contribution is -2.62. The van der Waals surface area contributed by atoms with Gasteiger partial charge >= 0.3 is 0 Å². The van der Waals surface area contributed by atoms with Gasteiger partial charge in [-0.2, -0.15) is 0 Å². The quantitative estimate of drug-likeness (QED) is 0.349. The number of unbranched alkanes of at least 4 members (excludes halogenated alkanes) is 1. The summed E-state index contributed by atoms with van der Waals surface area (Å²) < 4.78 is 0. The van der Waals surface area contributed by atoms with Gasteiger partial charge in [0.2, 0.25) is 0 Å². The van der Waals surface area contributed by atoms with E-state index in [0.717, 1.165) is 17.8 Å². The molecule has 0 radical (unpaired) electrons. The fourth-order valence-corrected chi connectivity index (χ4v) is 8.43. The molecule has 0 heterocycles. The second kappa shape index (κ2) is 13.3. The Labute approximate surface area is 206 Å². The Kier molecular flexibility index (Phi) is 10.4. The maximum absolute atomic E-state index is 7.19. The van der Waals surface area contributed by atoms with Gasteiger partial charge in [0.1, 0.15) is 0 Å². The third-order valence-electron chi connectivity index (χ3n) is 10.6. The monoisotopic (exact) mass is 459 g/mol. The first-order valence-corrected chi connectivity index (χ1v) is 15.5. The fraction of sp³-hybridized carbons (Fsp3) is 1.00. The second-order valence-electron chi connectivity index (χ2n) is 12.7. The smallest absolute Gasteiger partial charge is 0.0617 e. The molecule has 0 aromatic rings. The minimum absolute atomic E-state index is 0.186. The molecule has 4 saturated carbocycles. The molecule has 0 amide bonds. The summed E-state index contributed by atoms with van der Waals surface area (Å²) in [6.45, 7) is 2.33. The molecule has 0 aromatic carbocycles. The summed E-state index contributed by atoms with van der Waals surface area (Å²) in [6.07, 6.45) is 29.8. The molecule has 0 saturated heterocycles. The molecule has 3 heteroatoms. The molecule has 4 fully saturated rings. The average molecular weight is 460 g/mol. The van der Waals surface area contributed by atoms with Crippen molar-refractivity contribution in [1.29, 1.82) is 0 Å². The van der Waals surface area contributed by atoms with Crippen molar-refractivity contribution in [2.75, 3.05) is 0 Å². The van der Waals surface area contributed by atoms with E-state index in [1.165, 1.54) is 135 Å². The molecule has 4 aliphatic carbocycles. The van der Waals surface area contributed by atoms with Gasteiger partial charge in [0.25, 0.3) is 0 Å². The zero-order chi connectivity index (χ0) is 23.0. The lowest BCUT2D eigenvalue weighted by atomic mass is 9.70. The Morgan fingerprint density at radius 3 is 1.64 bits per heavy atom. The highest BCUT2D eigenvalue weighted by atomic mass is 15.3. The SMILES string of the molecule is CCCCC1CCC(C(N)N(C2CCCCC2)C(N)C2CCC(C3CCCCC3)CC2)CC1. The van der Waals surface area contributed by atoms with E-state index in [4.69, 9.17) is 11.5 Å². The van der Waals surface area contributed by atoms with Gasteiger partial charge in [0.05, 0.1) is 12.3 Å². The van der Waals surface area contributed by atoms with E-state index < -0.39 is 0 Å². The van der Waals surface area contributed by atoms with Gasteiger partial charge in [-0.15, -0.1) is 0 Å². The Morgan fingerprint density at radius 2 is 1.09 bits per heavy atom. The van der Waals surface area contributed by atoms with Crippen molar-refractivity contribution >= 4 is 0 Å². The molecule has 3 nitrogen and oxygen atoms in total. The van der Waals surface area contributed by atoms with Crippen LogP contribution in [-0.4, -0.2) is 23.3 Å². The molecule has 4 N–H and O–H groups in total. The zero-order valence-corrected chi connectivity index (χ0v) is 22.1. The molecule has 2 unspecified atom stereocenters. The van der Waals surface area contributed by atoms with Crippen molar-refractivity contribution in [1.82, 2.24) is 4.90 Å². The maximum atomic E-state index is 7.19. The lowest BCUT2D eigenvalue weighted by molar-refractivity contribution is -0.0157. The van der Waals surface area contributed by atoms with E-state index in [2.05, 4.69) is 11.8 Å². The van der Waals surface area contributed by atoms with Crippen LogP contribution in [0.2, 0.25) is 0 Å². The summed E-state index contributed by atoms with van der Waals surface area (Å²) in [5.41, 5.74) is 14.4. The molecule has 0 spiro atoms. The summed E-state index contributed by atoms with van der Waals surface area (Å²) in [5, 5.41) is 0. The number of nitrogens with two attached hydrogens (primary N) is 2. The third kappa shape index (κ3) is 6.98. The summed E-state index contributed by atoms with van der Waals surface area (Å²) >= 11 is 0. The largest absolute Gasteiger partial charge is 0.315 e. The van der Waals surface area contributed by atoms with E-state index >= 15 is 0 Å². The van der Waals surface area contributed by atoms with E-state index in [1.807, 2.05) is 0 Å². The standard InChI is InChI=1S/C30H57N3/c1-2-3-10-23-15-17-26(18-16-23)29(31)33(28-13-8-5-9-14-28)30(32)27-21-19-25(20-22-27)24-11-6-4-7-12-24/h23-30H,2-22,31-32H2,1H3. The highest BCUT2D eigenvalue weighted by Gasteiger charge is 2.40. The van der Waals surface area contributed by atoms with Gasteiger partial charge in [-0.25, -0.2) is 0 Å². The Morgan fingerprint density at radius 1 is 0.606 bits per heavy atom. The maximum Gasteiger partial charge on any atom is 0.0617 e. The summed E-state index contributed by atoms with van der Waals surface area (Å²) in [4.78, 5) is 2.71. The molecule has 192 valence electrons. The molecular weight excluding hydrogens is 402 g/mol. The van der Waals surface area contributed by atoms with E-state index in [0.29, 0.717) is 17.9 Å². The Balaban J connectivity index is 1.35. The molecule has 33 heavy (non-hydrogen) atoms. The van der Waals surface area contributed by atoms with Crippen LogP contribution in [0.1, 0.15) is 142 Å². The fourth-order valence-electron chi connectivity index (χ4n) is 8.43. The van der Waals surface area contributed by atoms with Crippen LogP contribution in [0.25, 0.3) is 0 Å². The van der Waals surface area contributed by atoms with Crippen molar-refractivity contribution < 1.29 is 0 Å². The first kappa shape index (κ1) is 26.0. The van der Waals surface area contributed by atoms with Gasteiger partial charge in [-0.05, 0) is 81.0 Å². The molecule has 2 atom stereocenters. The van der Waals surface area contributed by atoms with Gasteiger partial charge in [0, 0.05) is 6.04 Å². The predicted octanol–water partition coefficient (Wildman–Crippen LogP) is 7.57. The first-order valence-electron chi connectivity index (χ1n) is 15.5. The number of hydrogen-bond donors (Lipinski definition) is 2. The Hall–Kier alpha value is -0.120. The number of hydrogen-bond acceptors (Lipinski definition) is 3. The lowest BCUT2D eigenvalue weighted by Gasteiger charge is -2.49. The number of nitrogens with zero attached hydrogens (tertiary/aromatic N) is 1. The van der Waals surface area contributed by atoms with Crippen LogP contribution in [0.15, 0.2) is 0 Å². The van der Waals surface area contributed by atoms with Crippen molar-refractivity contribution in [3.63, 3.8) is 0 Å². The highest BCUT2D eigenvalue weighted by molar-refractivity contribution is 4.92. The molecule has 0 aromatic heterocycles. The van der Waals surface area contributed by atoms with Gasteiger partial charge < -0.3 is 11.5 Å². The molecular formula is C30H57N3. The topological polar surface area (TPSA) is 55.3 Å². The summed E-state index contributed by atoms with van der Waals surface area (Å²) in [6, 6.07) is 0.637. The van der Waals surface area contributed by atoms with Crippen molar-refractivity contribution in [3.05, 3.63) is 0 Å². The van der Waals surface area contributed by atoms with Gasteiger partial charge in [-0.1, -0.05) is 90.4 Å². The average Bonchev–Trinajstić information content (AvgIpc) is 2.89. The minimum atomic E-state index is 0.186. The van der Waals surface area contributed by atoms with Crippen LogP contribution in [0.5, 0.6) is 0 Å².